The number of hydrogen-bond acceptors (Lipinski definition) is 4. The summed E-state index contributed by atoms with van der Waals surface area (Å²) in [5.41, 5.74) is 2.52. The van der Waals surface area contributed by atoms with Gasteiger partial charge >= 0.3 is 0 Å². The zero-order valence-electron chi connectivity index (χ0n) is 11.2. The first-order valence-corrected chi connectivity index (χ1v) is 9.76. The normalized spacial score (nSPS) is 11.7. The van der Waals surface area contributed by atoms with Crippen LogP contribution in [0.2, 0.25) is 0 Å². The average Bonchev–Trinajstić information content (AvgIpc) is 2.95. The fraction of sp³-hybridized carbons (Fsp3) is 0.286. The summed E-state index contributed by atoms with van der Waals surface area (Å²) in [6.07, 6.45) is 0. The highest BCUT2D eigenvalue weighted by molar-refractivity contribution is 7.98. The first-order chi connectivity index (χ1) is 9.58. The number of aryl methyl sites for hydroxylation is 1. The minimum absolute atomic E-state index is 0.376. The van der Waals surface area contributed by atoms with Crippen molar-refractivity contribution in [3.63, 3.8) is 0 Å². The lowest BCUT2D eigenvalue weighted by atomic mass is 10.2. The second-order valence-electron chi connectivity index (χ2n) is 4.37. The molecule has 108 valence electrons. The summed E-state index contributed by atoms with van der Waals surface area (Å²) < 4.78 is 26.7. The van der Waals surface area contributed by atoms with Crippen LogP contribution in [0.25, 0.3) is 0 Å². The second-order valence-corrected chi connectivity index (χ2v) is 8.41. The molecule has 0 aliphatic carbocycles. The van der Waals surface area contributed by atoms with Crippen molar-refractivity contribution in [2.75, 3.05) is 12.3 Å². The molecule has 0 aliphatic heterocycles. The molecule has 0 bridgehead atoms. The lowest BCUT2D eigenvalue weighted by molar-refractivity contribution is 0.586. The number of thiophene rings is 1. The van der Waals surface area contributed by atoms with Crippen LogP contribution >= 0.6 is 23.1 Å². The third-order valence-corrected chi connectivity index (χ3v) is 6.58. The second kappa shape index (κ2) is 7.26. The van der Waals surface area contributed by atoms with Crippen molar-refractivity contribution in [1.29, 1.82) is 0 Å². The van der Waals surface area contributed by atoms with Crippen LogP contribution in [-0.2, 0) is 15.8 Å². The Hall–Kier alpha value is -0.820. The number of rotatable bonds is 7. The first-order valence-electron chi connectivity index (χ1n) is 6.24. The predicted octanol–water partition coefficient (Wildman–Crippen LogP) is 3.27. The molecule has 20 heavy (non-hydrogen) atoms. The van der Waals surface area contributed by atoms with Crippen molar-refractivity contribution in [2.24, 2.45) is 0 Å². The molecule has 0 amide bonds. The molecule has 1 aromatic heterocycles. The quantitative estimate of drug-likeness (QED) is 0.794. The Balaban J connectivity index is 1.71. The van der Waals surface area contributed by atoms with E-state index in [1.165, 1.54) is 22.5 Å². The number of nitrogens with one attached hydrogen (secondary N) is 1. The van der Waals surface area contributed by atoms with Crippen molar-refractivity contribution in [3.8, 4) is 0 Å². The Labute approximate surface area is 128 Å². The van der Waals surface area contributed by atoms with Crippen molar-refractivity contribution in [1.82, 2.24) is 4.72 Å². The highest BCUT2D eigenvalue weighted by atomic mass is 32.2. The van der Waals surface area contributed by atoms with Crippen molar-refractivity contribution < 1.29 is 8.42 Å². The monoisotopic (exact) mass is 327 g/mol. The maximum Gasteiger partial charge on any atom is 0.250 e. The SMILES string of the molecule is Cc1ccc(CSCCNS(=O)(=O)c2cccs2)cc1. The molecule has 3 nitrogen and oxygen atoms in total. The van der Waals surface area contributed by atoms with Crippen molar-refractivity contribution in [3.05, 3.63) is 52.9 Å². The third kappa shape index (κ3) is 4.63. The van der Waals surface area contributed by atoms with E-state index in [0.29, 0.717) is 10.8 Å². The van der Waals surface area contributed by atoms with Gasteiger partial charge in [-0.1, -0.05) is 35.9 Å². The summed E-state index contributed by atoms with van der Waals surface area (Å²) in [5.74, 6) is 1.67. The molecule has 0 aliphatic rings. The Morgan fingerprint density at radius 2 is 1.95 bits per heavy atom. The lowest BCUT2D eigenvalue weighted by Crippen LogP contribution is -2.25. The van der Waals surface area contributed by atoms with Crippen molar-refractivity contribution in [2.45, 2.75) is 16.9 Å². The summed E-state index contributed by atoms with van der Waals surface area (Å²) in [6.45, 7) is 2.52. The first kappa shape index (κ1) is 15.6. The van der Waals surface area contributed by atoms with E-state index in [1.54, 1.807) is 29.3 Å². The highest BCUT2D eigenvalue weighted by Gasteiger charge is 2.13. The van der Waals surface area contributed by atoms with E-state index in [-0.39, 0.29) is 0 Å². The van der Waals surface area contributed by atoms with E-state index in [0.717, 1.165) is 11.5 Å². The summed E-state index contributed by atoms with van der Waals surface area (Å²) in [7, 11) is -3.31. The fourth-order valence-electron chi connectivity index (χ4n) is 1.61. The molecule has 2 rings (SSSR count). The molecule has 1 N–H and O–H groups in total. The molecule has 2 aromatic rings. The minimum atomic E-state index is -3.31. The maximum absolute atomic E-state index is 11.9. The minimum Gasteiger partial charge on any atom is -0.210 e. The van der Waals surface area contributed by atoms with E-state index in [9.17, 15) is 8.42 Å². The number of hydrogen-bond donors (Lipinski definition) is 1. The van der Waals surface area contributed by atoms with Gasteiger partial charge in [-0.3, -0.25) is 0 Å². The van der Waals surface area contributed by atoms with E-state index >= 15 is 0 Å². The van der Waals surface area contributed by atoms with E-state index in [1.807, 2.05) is 0 Å². The zero-order valence-corrected chi connectivity index (χ0v) is 13.7. The van der Waals surface area contributed by atoms with Gasteiger partial charge in [-0.15, -0.1) is 11.3 Å². The van der Waals surface area contributed by atoms with Gasteiger partial charge in [0.25, 0.3) is 0 Å². The summed E-state index contributed by atoms with van der Waals surface area (Å²) in [6, 6.07) is 11.8. The van der Waals surface area contributed by atoms with E-state index in [2.05, 4.69) is 35.9 Å². The van der Waals surface area contributed by atoms with Crippen LogP contribution in [0.15, 0.2) is 46.0 Å². The van der Waals surface area contributed by atoms with Crippen LogP contribution < -0.4 is 4.72 Å². The van der Waals surface area contributed by atoms with Gasteiger partial charge in [0.1, 0.15) is 4.21 Å². The standard InChI is InChI=1S/C14H17NO2S3/c1-12-4-6-13(7-5-12)11-18-10-8-15-20(16,17)14-3-2-9-19-14/h2-7,9,15H,8,10-11H2,1H3. The number of thioether (sulfide) groups is 1. The summed E-state index contributed by atoms with van der Waals surface area (Å²) >= 11 is 2.96. The predicted molar refractivity (Wildman–Crippen MR) is 86.8 cm³/mol. The lowest BCUT2D eigenvalue weighted by Gasteiger charge is -2.05. The smallest absolute Gasteiger partial charge is 0.210 e. The molecule has 6 heteroatoms. The van der Waals surface area contributed by atoms with Crippen LogP contribution in [0, 0.1) is 6.92 Å². The fourth-order valence-corrected chi connectivity index (χ4v) is 4.63. The highest BCUT2D eigenvalue weighted by Crippen LogP contribution is 2.16. The van der Waals surface area contributed by atoms with Crippen molar-refractivity contribution >= 4 is 33.1 Å². The van der Waals surface area contributed by atoms with Crippen LogP contribution in [0.4, 0.5) is 0 Å². The number of sulfonamides is 1. The largest absolute Gasteiger partial charge is 0.250 e. The van der Waals surface area contributed by atoms with Gasteiger partial charge in [0, 0.05) is 18.1 Å². The molecular formula is C14H17NO2S3. The zero-order chi connectivity index (χ0) is 14.4. The van der Waals surface area contributed by atoms with Gasteiger partial charge in [-0.25, -0.2) is 13.1 Å². The van der Waals surface area contributed by atoms with Gasteiger partial charge in [-0.2, -0.15) is 11.8 Å². The molecule has 0 fully saturated rings. The Kier molecular flexibility index (Phi) is 5.65. The van der Waals surface area contributed by atoms with Crippen LogP contribution in [0.1, 0.15) is 11.1 Å². The molecule has 1 aromatic carbocycles. The van der Waals surface area contributed by atoms with Gasteiger partial charge in [-0.05, 0) is 23.9 Å². The van der Waals surface area contributed by atoms with Gasteiger partial charge < -0.3 is 0 Å². The molecule has 0 saturated heterocycles. The van der Waals surface area contributed by atoms with E-state index < -0.39 is 10.0 Å². The maximum atomic E-state index is 11.9. The van der Waals surface area contributed by atoms with Gasteiger partial charge in [0.15, 0.2) is 0 Å². The molecule has 0 spiro atoms. The third-order valence-electron chi connectivity index (χ3n) is 2.69. The van der Waals surface area contributed by atoms with Crippen LogP contribution in [-0.4, -0.2) is 20.7 Å². The molecule has 1 heterocycles. The Morgan fingerprint density at radius 1 is 1.20 bits per heavy atom. The topological polar surface area (TPSA) is 46.2 Å². The Bertz CT molecular complexity index is 619. The molecule has 0 atom stereocenters. The molecular weight excluding hydrogens is 310 g/mol. The Morgan fingerprint density at radius 3 is 2.60 bits per heavy atom. The number of benzene rings is 1. The summed E-state index contributed by atoms with van der Waals surface area (Å²) in [4.78, 5) is 0. The average molecular weight is 327 g/mol. The molecule has 0 saturated carbocycles. The van der Waals surface area contributed by atoms with Crippen LogP contribution in [0.3, 0.4) is 0 Å². The van der Waals surface area contributed by atoms with Crippen LogP contribution in [0.5, 0.6) is 0 Å². The molecule has 0 unspecified atom stereocenters. The van der Waals surface area contributed by atoms with Gasteiger partial charge in [0.2, 0.25) is 10.0 Å². The van der Waals surface area contributed by atoms with E-state index in [4.69, 9.17) is 0 Å². The molecule has 0 radical (unpaired) electrons. The van der Waals surface area contributed by atoms with Gasteiger partial charge in [0.05, 0.1) is 0 Å². The summed E-state index contributed by atoms with van der Waals surface area (Å²) in [5, 5.41) is 1.76.